The van der Waals surface area contributed by atoms with E-state index in [0.29, 0.717) is 10.8 Å². The monoisotopic (exact) mass is 941 g/mol. The Morgan fingerprint density at radius 2 is 1.48 bits per heavy atom. The summed E-state index contributed by atoms with van der Waals surface area (Å²) >= 11 is 5.92. The lowest BCUT2D eigenvalue weighted by molar-refractivity contribution is -0.745. The first-order valence-electron chi connectivity index (χ1n) is 17.6. The molecule has 2 aliphatic rings. The second-order valence-corrected chi connectivity index (χ2v) is 18.6. The fraction of sp³-hybridized carbons (Fsp3) is 0.448. The zero-order chi connectivity index (χ0) is 44.2. The molecule has 28 nitrogen and oxygen atoms in total. The number of aliphatic hydroxyl groups is 3. The second-order valence-electron chi connectivity index (χ2n) is 13.5. The van der Waals surface area contributed by atoms with Gasteiger partial charge in [0.05, 0.1) is 25.6 Å². The number of aromatic nitrogens is 8. The summed E-state index contributed by atoms with van der Waals surface area (Å²) in [6, 6.07) is 6.58. The Hall–Kier alpha value is -4.18. The summed E-state index contributed by atoms with van der Waals surface area (Å²) in [7, 11) is -17.4. The molecular formula is C29H37ClN10O18P3+. The van der Waals surface area contributed by atoms with Crippen LogP contribution in [-0.4, -0.2) is 114 Å². The van der Waals surface area contributed by atoms with Crippen LogP contribution in [0.5, 0.6) is 5.75 Å². The largest absolute Gasteiger partial charge is 0.490 e. The van der Waals surface area contributed by atoms with Crippen molar-refractivity contribution in [3.8, 4) is 5.75 Å². The van der Waals surface area contributed by atoms with Gasteiger partial charge in [-0.05, 0) is 24.3 Å². The number of rotatable bonds is 16. The van der Waals surface area contributed by atoms with E-state index in [1.54, 1.807) is 31.2 Å². The Morgan fingerprint density at radius 1 is 0.869 bits per heavy atom. The minimum absolute atomic E-state index is 0.0427. The number of phosphoric ester groups is 2. The van der Waals surface area contributed by atoms with Crippen molar-refractivity contribution >= 4 is 69.3 Å². The number of nitrogen functional groups attached to an aromatic ring is 2. The lowest BCUT2D eigenvalue weighted by atomic mass is 10.0. The molecule has 2 aliphatic heterocycles. The van der Waals surface area contributed by atoms with Gasteiger partial charge in [-0.25, -0.2) is 23.2 Å². The summed E-state index contributed by atoms with van der Waals surface area (Å²) in [5.74, 6) is -0.846. The smallest absolute Gasteiger partial charge is 0.490 e. The highest BCUT2D eigenvalue weighted by atomic mass is 35.5. The average Bonchev–Trinajstić information content (AvgIpc) is 3.89. The van der Waals surface area contributed by atoms with Crippen molar-refractivity contribution in [3.05, 3.63) is 62.7 Å². The third-order valence-electron chi connectivity index (χ3n) is 9.34. The Bertz CT molecular complexity index is 2700. The first-order chi connectivity index (χ1) is 28.6. The molecule has 4 aromatic heterocycles. The molecule has 1 aromatic carbocycles. The molecular weight excluding hydrogens is 905 g/mol. The molecule has 0 radical (unpaired) electrons. The molecule has 11 atom stereocenters. The van der Waals surface area contributed by atoms with E-state index in [-0.39, 0.29) is 47.4 Å². The van der Waals surface area contributed by atoms with Crippen LogP contribution in [-0.2, 0) is 47.4 Å². The Kier molecular flexibility index (Phi) is 12.6. The van der Waals surface area contributed by atoms with Gasteiger partial charge in [-0.2, -0.15) is 13.6 Å². The van der Waals surface area contributed by atoms with Gasteiger partial charge >= 0.3 is 29.1 Å². The predicted octanol–water partition coefficient (Wildman–Crippen LogP) is -1.08. The summed E-state index contributed by atoms with van der Waals surface area (Å²) in [4.78, 5) is 72.2. The molecule has 0 aliphatic carbocycles. The minimum atomic E-state index is -6.00. The van der Waals surface area contributed by atoms with Crippen LogP contribution in [0, 0.1) is 5.92 Å². The molecule has 0 bridgehead atoms. The van der Waals surface area contributed by atoms with Crippen LogP contribution < -0.4 is 31.9 Å². The fourth-order valence-corrected chi connectivity index (χ4v) is 10.2. The van der Waals surface area contributed by atoms with Crippen LogP contribution >= 0.6 is 35.1 Å². The summed E-state index contributed by atoms with van der Waals surface area (Å²) < 4.78 is 76.8. The number of nitrogens with two attached hydrogens (primary N) is 2. The van der Waals surface area contributed by atoms with Gasteiger partial charge in [-0.1, -0.05) is 23.5 Å². The number of benzene rings is 1. The Balaban J connectivity index is 0.952. The van der Waals surface area contributed by atoms with Gasteiger partial charge in [0.1, 0.15) is 43.3 Å². The molecule has 5 aromatic rings. The van der Waals surface area contributed by atoms with E-state index >= 15 is 0 Å². The molecule has 0 spiro atoms. The molecule has 32 heteroatoms. The van der Waals surface area contributed by atoms with Crippen LogP contribution in [0.15, 0.2) is 46.5 Å². The number of anilines is 2. The van der Waals surface area contributed by atoms with E-state index in [9.17, 15) is 53.3 Å². The normalized spacial score (nSPS) is 27.3. The zero-order valence-corrected chi connectivity index (χ0v) is 34.5. The maximum atomic E-state index is 13.0. The maximum Gasteiger partial charge on any atom is 0.490 e. The lowest BCUT2D eigenvalue weighted by Crippen LogP contribution is -2.43. The Labute approximate surface area is 345 Å². The van der Waals surface area contributed by atoms with Crippen LogP contribution in [0.3, 0.4) is 0 Å². The zero-order valence-electron chi connectivity index (χ0n) is 31.1. The van der Waals surface area contributed by atoms with E-state index in [1.807, 2.05) is 0 Å². The number of nitrogens with one attached hydrogen (secondary N) is 2. The standard InChI is InChI=1S/C29H36ClN10O18P3/c1-12-19(41)15(55-26(12)40-11-38(18-23(40)35-29(32)37-25(18)45)6-7-52-14-4-2-13(30)3-5-14)8-53-59(46,47)57-61(50,51)58-60(48,49)54-9-16-20(42)21(43)27(56-16)39-10-33-17-22(39)34-28(31)36-24(17)44/h2-5,10-12,15-16,19-21,26-27,41-43H,6-9H2,1H3,(H8-,31,32,34,35,36,37,44,45,46,47,48,49,50,51)/p+1/t12-,15-,16-,19+,20-,21-,26-,27-/m1/s1. The molecule has 2 saturated heterocycles. The fourth-order valence-electron chi connectivity index (χ4n) is 6.55. The molecule has 332 valence electrons. The van der Waals surface area contributed by atoms with Gasteiger partial charge in [-0.3, -0.25) is 37.7 Å². The van der Waals surface area contributed by atoms with E-state index in [2.05, 4.69) is 38.1 Å². The number of aliphatic hydroxyl groups excluding tert-OH is 3. The number of hydrogen-bond acceptors (Lipinski definition) is 20. The number of imidazole rings is 2. The highest BCUT2D eigenvalue weighted by molar-refractivity contribution is 7.66. The predicted molar refractivity (Wildman–Crippen MR) is 203 cm³/mol. The summed E-state index contributed by atoms with van der Waals surface area (Å²) in [5.41, 5.74) is 9.83. The van der Waals surface area contributed by atoms with Crippen LogP contribution in [0.1, 0.15) is 19.4 Å². The van der Waals surface area contributed by atoms with Gasteiger partial charge in [0.25, 0.3) is 17.1 Å². The first-order valence-corrected chi connectivity index (χ1v) is 22.4. The van der Waals surface area contributed by atoms with Crippen LogP contribution in [0.25, 0.3) is 22.3 Å². The minimum Gasteiger partial charge on any atom is -0.490 e. The highest BCUT2D eigenvalue weighted by Gasteiger charge is 2.49. The Morgan fingerprint density at radius 3 is 2.13 bits per heavy atom. The molecule has 12 N–H and O–H groups in total. The van der Waals surface area contributed by atoms with Crippen molar-refractivity contribution in [3.63, 3.8) is 0 Å². The van der Waals surface area contributed by atoms with E-state index in [1.165, 1.54) is 15.5 Å². The van der Waals surface area contributed by atoms with Gasteiger partial charge < -0.3 is 55.7 Å². The van der Waals surface area contributed by atoms with Crippen LogP contribution in [0.2, 0.25) is 5.02 Å². The number of aromatic amines is 2. The topological polar surface area (TPSA) is 407 Å². The van der Waals surface area contributed by atoms with Crippen molar-refractivity contribution in [1.82, 2.24) is 34.1 Å². The SMILES string of the molecule is C[C@@H]1[C@H](O)[C@@H](COP(=O)(O)OP(=O)(O)OP(=O)(O)OC[C@H]2O[C@@H](n3cnc4c(=O)[nH]c(N)nc43)[C@H](O)[C@@H]2O)O[C@H]1[n+]1cn(CCOc2ccc(Cl)cc2)c2c(=O)[nH]c(N)nc21. The highest BCUT2D eigenvalue weighted by Crippen LogP contribution is 2.68. The molecule has 6 heterocycles. The summed E-state index contributed by atoms with van der Waals surface area (Å²) in [5, 5.41) is 32.6. The summed E-state index contributed by atoms with van der Waals surface area (Å²) in [6.07, 6.45) is -8.13. The molecule has 0 saturated carbocycles. The van der Waals surface area contributed by atoms with Crippen molar-refractivity contribution in [2.24, 2.45) is 5.92 Å². The van der Waals surface area contributed by atoms with E-state index in [0.717, 1.165) is 10.9 Å². The number of nitrogens with zero attached hydrogens (tertiary/aromatic N) is 6. The van der Waals surface area contributed by atoms with Crippen LogP contribution in [0.4, 0.5) is 11.9 Å². The number of phosphoric acid groups is 3. The third-order valence-corrected chi connectivity index (χ3v) is 13.8. The molecule has 61 heavy (non-hydrogen) atoms. The maximum absolute atomic E-state index is 13.0. The van der Waals surface area contributed by atoms with Gasteiger partial charge in [0, 0.05) is 10.9 Å². The number of ether oxygens (including phenoxy) is 3. The lowest BCUT2D eigenvalue weighted by Gasteiger charge is -2.21. The van der Waals surface area contributed by atoms with Crippen molar-refractivity contribution in [2.75, 3.05) is 31.3 Å². The number of halogens is 1. The quantitative estimate of drug-likeness (QED) is 0.0415. The van der Waals surface area contributed by atoms with Crippen molar-refractivity contribution in [1.29, 1.82) is 0 Å². The second kappa shape index (κ2) is 17.2. The van der Waals surface area contributed by atoms with Gasteiger partial charge in [0.2, 0.25) is 11.5 Å². The van der Waals surface area contributed by atoms with E-state index < -0.39 is 96.7 Å². The number of fused-ring (bicyclic) bond motifs is 2. The summed E-state index contributed by atoms with van der Waals surface area (Å²) in [6.45, 7) is -0.291. The third kappa shape index (κ3) is 9.74. The van der Waals surface area contributed by atoms with E-state index in [4.69, 9.17) is 41.8 Å². The average molecular weight is 942 g/mol. The molecule has 0 amide bonds. The van der Waals surface area contributed by atoms with Gasteiger partial charge in [-0.15, -0.1) is 0 Å². The number of H-pyrrole nitrogens is 2. The number of hydrogen-bond donors (Lipinski definition) is 10. The molecule has 2 fully saturated rings. The van der Waals surface area contributed by atoms with Crippen molar-refractivity contribution in [2.45, 2.75) is 56.4 Å². The van der Waals surface area contributed by atoms with Gasteiger partial charge in [0.15, 0.2) is 29.9 Å². The molecule has 7 rings (SSSR count). The first kappa shape index (κ1) is 44.9. The van der Waals surface area contributed by atoms with Crippen molar-refractivity contribution < 1.29 is 80.1 Å². The molecule has 3 unspecified atom stereocenters.